The van der Waals surface area contributed by atoms with Crippen molar-refractivity contribution in [3.63, 3.8) is 0 Å². The van der Waals surface area contributed by atoms with Gasteiger partial charge in [-0.05, 0) is 12.1 Å². The van der Waals surface area contributed by atoms with E-state index in [2.05, 4.69) is 4.98 Å². The van der Waals surface area contributed by atoms with Crippen molar-refractivity contribution in [3.05, 3.63) is 24.1 Å². The lowest BCUT2D eigenvalue weighted by atomic mass is 10.2. The Morgan fingerprint density at radius 2 is 2.29 bits per heavy atom. The molecule has 1 heterocycles. The molecule has 1 aromatic carbocycles. The third-order valence-electron chi connectivity index (χ3n) is 2.25. The Balaban J connectivity index is 2.27. The van der Waals surface area contributed by atoms with Crippen LogP contribution >= 0.6 is 12.2 Å². The Morgan fingerprint density at radius 3 is 2.94 bits per heavy atom. The van der Waals surface area contributed by atoms with E-state index in [1.165, 1.54) is 0 Å². The fourth-order valence-corrected chi connectivity index (χ4v) is 1.48. The van der Waals surface area contributed by atoms with E-state index >= 15 is 0 Å². The van der Waals surface area contributed by atoms with Gasteiger partial charge in [0.25, 0.3) is 0 Å². The second-order valence-corrected chi connectivity index (χ2v) is 4.62. The molecule has 2 rings (SSSR count). The zero-order valence-electron chi connectivity index (χ0n) is 9.77. The summed E-state index contributed by atoms with van der Waals surface area (Å²) in [5, 5.41) is 0. The molecule has 5 heteroatoms. The molecular weight excluding hydrogens is 236 g/mol. The second-order valence-electron chi connectivity index (χ2n) is 4.09. The molecule has 0 bridgehead atoms. The van der Waals surface area contributed by atoms with E-state index in [1.807, 2.05) is 32.0 Å². The maximum atomic E-state index is 5.59. The molecule has 0 spiro atoms. The largest absolute Gasteiger partial charge is 0.486 e. The van der Waals surface area contributed by atoms with Crippen LogP contribution in [0.25, 0.3) is 11.1 Å². The van der Waals surface area contributed by atoms with Crippen LogP contribution in [0.4, 0.5) is 0 Å². The van der Waals surface area contributed by atoms with E-state index in [0.717, 1.165) is 17.0 Å². The fourth-order valence-electron chi connectivity index (χ4n) is 1.42. The maximum Gasteiger partial charge on any atom is 0.198 e. The predicted molar refractivity (Wildman–Crippen MR) is 70.4 cm³/mol. The second kappa shape index (κ2) is 4.71. The Hall–Kier alpha value is -1.62. The van der Waals surface area contributed by atoms with Gasteiger partial charge in [0, 0.05) is 12.0 Å². The molecule has 0 saturated heterocycles. The number of hydrogen-bond donors (Lipinski definition) is 1. The number of nitrogens with zero attached hydrogens (tertiary/aromatic N) is 1. The molecule has 17 heavy (non-hydrogen) atoms. The van der Waals surface area contributed by atoms with E-state index in [1.54, 1.807) is 0 Å². The number of hydrogen-bond acceptors (Lipinski definition) is 4. The molecule has 0 radical (unpaired) electrons. The summed E-state index contributed by atoms with van der Waals surface area (Å²) in [6.45, 7) is 4.31. The minimum absolute atomic E-state index is 0.232. The summed E-state index contributed by atoms with van der Waals surface area (Å²) < 4.78 is 11.0. The molecule has 0 saturated carbocycles. The fraction of sp³-hybridized carbons (Fsp3) is 0.333. The number of ether oxygens (including phenoxy) is 1. The van der Waals surface area contributed by atoms with Crippen LogP contribution in [0.5, 0.6) is 5.75 Å². The van der Waals surface area contributed by atoms with Crippen molar-refractivity contribution in [1.82, 2.24) is 4.98 Å². The number of benzene rings is 1. The van der Waals surface area contributed by atoms with Gasteiger partial charge in [-0.15, -0.1) is 0 Å². The minimum Gasteiger partial charge on any atom is -0.486 e. The SMILES string of the molecule is CC(C)c1nc2cc(OCC(N)=S)ccc2o1. The quantitative estimate of drug-likeness (QED) is 0.845. The zero-order chi connectivity index (χ0) is 12.4. The lowest BCUT2D eigenvalue weighted by Gasteiger charge is -2.03. The summed E-state index contributed by atoms with van der Waals surface area (Å²) in [5.74, 6) is 1.68. The van der Waals surface area contributed by atoms with Gasteiger partial charge < -0.3 is 14.9 Å². The first-order valence-electron chi connectivity index (χ1n) is 5.38. The molecule has 0 unspecified atom stereocenters. The first kappa shape index (κ1) is 11.9. The molecule has 0 aliphatic rings. The molecule has 0 fully saturated rings. The van der Waals surface area contributed by atoms with Gasteiger partial charge in [0.1, 0.15) is 22.9 Å². The highest BCUT2D eigenvalue weighted by Gasteiger charge is 2.09. The van der Waals surface area contributed by atoms with E-state index in [4.69, 9.17) is 27.1 Å². The van der Waals surface area contributed by atoms with Crippen molar-refractivity contribution >= 4 is 28.3 Å². The number of thiocarbonyl (C=S) groups is 1. The summed E-state index contributed by atoms with van der Waals surface area (Å²) in [6.07, 6.45) is 0. The molecule has 0 atom stereocenters. The summed E-state index contributed by atoms with van der Waals surface area (Å²) in [7, 11) is 0. The monoisotopic (exact) mass is 250 g/mol. The molecule has 2 N–H and O–H groups in total. The Labute approximate surface area is 105 Å². The summed E-state index contributed by atoms with van der Waals surface area (Å²) in [5.41, 5.74) is 6.92. The number of nitrogens with two attached hydrogens (primary N) is 1. The van der Waals surface area contributed by atoms with Crippen molar-refractivity contribution in [2.45, 2.75) is 19.8 Å². The molecule has 0 amide bonds. The average molecular weight is 250 g/mol. The van der Waals surface area contributed by atoms with E-state index in [-0.39, 0.29) is 12.5 Å². The molecule has 0 aliphatic carbocycles. The van der Waals surface area contributed by atoms with Gasteiger partial charge in [-0.3, -0.25) is 0 Å². The number of aromatic nitrogens is 1. The highest BCUT2D eigenvalue weighted by molar-refractivity contribution is 7.80. The summed E-state index contributed by atoms with van der Waals surface area (Å²) in [4.78, 5) is 4.72. The number of rotatable bonds is 4. The van der Waals surface area contributed by atoms with Gasteiger partial charge in [0.15, 0.2) is 11.5 Å². The molecule has 4 nitrogen and oxygen atoms in total. The summed E-state index contributed by atoms with van der Waals surface area (Å²) in [6, 6.07) is 5.47. The van der Waals surface area contributed by atoms with Crippen LogP contribution in [0.2, 0.25) is 0 Å². The Kier molecular flexibility index (Phi) is 3.28. The van der Waals surface area contributed by atoms with Crippen molar-refractivity contribution in [3.8, 4) is 5.75 Å². The van der Waals surface area contributed by atoms with Gasteiger partial charge in [-0.25, -0.2) is 4.98 Å². The highest BCUT2D eigenvalue weighted by Crippen LogP contribution is 2.24. The van der Waals surface area contributed by atoms with Crippen LogP contribution in [-0.4, -0.2) is 16.6 Å². The number of fused-ring (bicyclic) bond motifs is 1. The molecular formula is C12H14N2O2S. The lowest BCUT2D eigenvalue weighted by Crippen LogP contribution is -2.17. The van der Waals surface area contributed by atoms with Crippen molar-refractivity contribution < 1.29 is 9.15 Å². The van der Waals surface area contributed by atoms with Crippen molar-refractivity contribution in [2.75, 3.05) is 6.61 Å². The van der Waals surface area contributed by atoms with Crippen LogP contribution in [0.15, 0.2) is 22.6 Å². The molecule has 2 aromatic rings. The third-order valence-corrected chi connectivity index (χ3v) is 2.37. The standard InChI is InChI=1S/C12H14N2O2S/c1-7(2)12-14-9-5-8(15-6-11(13)17)3-4-10(9)16-12/h3-5,7H,6H2,1-2H3,(H2,13,17). The molecule has 1 aromatic heterocycles. The number of oxazole rings is 1. The maximum absolute atomic E-state index is 5.59. The summed E-state index contributed by atoms with van der Waals surface area (Å²) >= 11 is 4.75. The Morgan fingerprint density at radius 1 is 1.53 bits per heavy atom. The van der Waals surface area contributed by atoms with Crippen LogP contribution in [0.3, 0.4) is 0 Å². The van der Waals surface area contributed by atoms with E-state index < -0.39 is 0 Å². The predicted octanol–water partition coefficient (Wildman–Crippen LogP) is 2.62. The molecule has 0 aliphatic heterocycles. The third kappa shape index (κ3) is 2.74. The smallest absolute Gasteiger partial charge is 0.198 e. The van der Waals surface area contributed by atoms with E-state index in [0.29, 0.717) is 10.7 Å². The van der Waals surface area contributed by atoms with Crippen molar-refractivity contribution in [2.24, 2.45) is 5.73 Å². The highest BCUT2D eigenvalue weighted by atomic mass is 32.1. The van der Waals surface area contributed by atoms with Crippen LogP contribution < -0.4 is 10.5 Å². The first-order valence-corrected chi connectivity index (χ1v) is 5.78. The minimum atomic E-state index is 0.232. The van der Waals surface area contributed by atoms with Crippen LogP contribution in [0, 0.1) is 0 Å². The average Bonchev–Trinajstić information content (AvgIpc) is 2.69. The molecule has 90 valence electrons. The van der Waals surface area contributed by atoms with Crippen molar-refractivity contribution in [1.29, 1.82) is 0 Å². The topological polar surface area (TPSA) is 61.3 Å². The van der Waals surface area contributed by atoms with Crippen LogP contribution in [-0.2, 0) is 0 Å². The van der Waals surface area contributed by atoms with Gasteiger partial charge >= 0.3 is 0 Å². The van der Waals surface area contributed by atoms with Gasteiger partial charge in [0.05, 0.1) is 0 Å². The van der Waals surface area contributed by atoms with E-state index in [9.17, 15) is 0 Å². The zero-order valence-corrected chi connectivity index (χ0v) is 10.6. The van der Waals surface area contributed by atoms with Gasteiger partial charge in [-0.2, -0.15) is 0 Å². The lowest BCUT2D eigenvalue weighted by molar-refractivity contribution is 0.378. The van der Waals surface area contributed by atoms with Crippen LogP contribution in [0.1, 0.15) is 25.7 Å². The Bertz CT molecular complexity index is 548. The van der Waals surface area contributed by atoms with Gasteiger partial charge in [-0.1, -0.05) is 26.1 Å². The first-order chi connectivity index (χ1) is 8.06. The van der Waals surface area contributed by atoms with Gasteiger partial charge in [0.2, 0.25) is 0 Å². The normalized spacial score (nSPS) is 11.0.